The molecular weight excluding hydrogens is 260 g/mol. The SMILES string of the molecule is CCCCN/C(C=C(C)C)=C\C(=O)c1ccc(C#N)cc1. The lowest BCUT2D eigenvalue weighted by atomic mass is 10.1. The summed E-state index contributed by atoms with van der Waals surface area (Å²) in [5.74, 6) is -0.0593. The van der Waals surface area contributed by atoms with E-state index in [0.717, 1.165) is 30.7 Å². The predicted octanol–water partition coefficient (Wildman–Crippen LogP) is 3.98. The van der Waals surface area contributed by atoms with Crippen molar-refractivity contribution in [2.45, 2.75) is 33.6 Å². The van der Waals surface area contributed by atoms with E-state index in [1.807, 2.05) is 26.0 Å². The van der Waals surface area contributed by atoms with Gasteiger partial charge in [-0.1, -0.05) is 18.9 Å². The molecular formula is C18H22N2O. The second-order valence-electron chi connectivity index (χ2n) is 5.16. The van der Waals surface area contributed by atoms with Crippen molar-refractivity contribution in [3.63, 3.8) is 0 Å². The summed E-state index contributed by atoms with van der Waals surface area (Å²) in [6.45, 7) is 6.99. The molecule has 1 N–H and O–H groups in total. The molecule has 0 spiro atoms. The van der Waals surface area contributed by atoms with Gasteiger partial charge in [-0.3, -0.25) is 4.79 Å². The van der Waals surface area contributed by atoms with Crippen molar-refractivity contribution in [1.29, 1.82) is 5.26 Å². The molecule has 1 rings (SSSR count). The molecule has 3 heteroatoms. The molecule has 0 aromatic heterocycles. The number of nitrogens with zero attached hydrogens (tertiary/aromatic N) is 1. The number of nitrogens with one attached hydrogen (secondary N) is 1. The van der Waals surface area contributed by atoms with Gasteiger partial charge in [0.15, 0.2) is 5.78 Å². The highest BCUT2D eigenvalue weighted by molar-refractivity contribution is 6.05. The van der Waals surface area contributed by atoms with Gasteiger partial charge >= 0.3 is 0 Å². The summed E-state index contributed by atoms with van der Waals surface area (Å²) in [6.07, 6.45) is 5.76. The van der Waals surface area contributed by atoms with Gasteiger partial charge in [0.25, 0.3) is 0 Å². The summed E-state index contributed by atoms with van der Waals surface area (Å²) in [6, 6.07) is 8.73. The number of carbonyl (C=O) groups excluding carboxylic acids is 1. The zero-order valence-electron chi connectivity index (χ0n) is 12.9. The minimum atomic E-state index is -0.0593. The first kappa shape index (κ1) is 16.7. The minimum Gasteiger partial charge on any atom is -0.385 e. The molecule has 21 heavy (non-hydrogen) atoms. The van der Waals surface area contributed by atoms with Crippen molar-refractivity contribution in [1.82, 2.24) is 5.32 Å². The molecule has 0 bridgehead atoms. The molecule has 1 aromatic carbocycles. The Morgan fingerprint density at radius 2 is 1.90 bits per heavy atom. The topological polar surface area (TPSA) is 52.9 Å². The van der Waals surface area contributed by atoms with Crippen molar-refractivity contribution in [3.8, 4) is 6.07 Å². The van der Waals surface area contributed by atoms with Gasteiger partial charge in [0.1, 0.15) is 0 Å². The zero-order valence-corrected chi connectivity index (χ0v) is 12.9. The van der Waals surface area contributed by atoms with Crippen LogP contribution in [0.2, 0.25) is 0 Å². The van der Waals surface area contributed by atoms with Gasteiger partial charge in [0.05, 0.1) is 11.6 Å². The summed E-state index contributed by atoms with van der Waals surface area (Å²) in [5.41, 5.74) is 3.11. The van der Waals surface area contributed by atoms with Gasteiger partial charge in [-0.25, -0.2) is 0 Å². The van der Waals surface area contributed by atoms with Crippen LogP contribution in [0.25, 0.3) is 0 Å². The fourth-order valence-electron chi connectivity index (χ4n) is 1.80. The molecule has 0 atom stereocenters. The van der Waals surface area contributed by atoms with Crippen molar-refractivity contribution >= 4 is 5.78 Å². The number of nitriles is 1. The fraction of sp³-hybridized carbons (Fsp3) is 0.333. The van der Waals surface area contributed by atoms with Crippen molar-refractivity contribution in [3.05, 3.63) is 58.8 Å². The van der Waals surface area contributed by atoms with Gasteiger partial charge in [0, 0.05) is 23.9 Å². The zero-order chi connectivity index (χ0) is 15.7. The Morgan fingerprint density at radius 1 is 1.24 bits per heavy atom. The van der Waals surface area contributed by atoms with E-state index >= 15 is 0 Å². The highest BCUT2D eigenvalue weighted by Crippen LogP contribution is 2.08. The van der Waals surface area contributed by atoms with E-state index in [4.69, 9.17) is 5.26 Å². The first-order valence-corrected chi connectivity index (χ1v) is 7.21. The lowest BCUT2D eigenvalue weighted by molar-refractivity contribution is 0.104. The molecule has 0 saturated heterocycles. The minimum absolute atomic E-state index is 0.0593. The van der Waals surface area contributed by atoms with Crippen LogP contribution in [0.15, 0.2) is 47.7 Å². The summed E-state index contributed by atoms with van der Waals surface area (Å²) in [5, 5.41) is 12.1. The lowest BCUT2D eigenvalue weighted by Crippen LogP contribution is -2.15. The number of carbonyl (C=O) groups is 1. The average Bonchev–Trinajstić information content (AvgIpc) is 2.46. The second-order valence-corrected chi connectivity index (χ2v) is 5.16. The number of ketones is 1. The quantitative estimate of drug-likeness (QED) is 0.356. The number of unbranched alkanes of at least 4 members (excludes halogenated alkanes) is 1. The van der Waals surface area contributed by atoms with E-state index < -0.39 is 0 Å². The van der Waals surface area contributed by atoms with Crippen molar-refractivity contribution in [2.24, 2.45) is 0 Å². The van der Waals surface area contributed by atoms with Crippen LogP contribution >= 0.6 is 0 Å². The van der Waals surface area contributed by atoms with Crippen LogP contribution < -0.4 is 5.32 Å². The molecule has 0 aliphatic carbocycles. The Balaban J connectivity index is 2.89. The molecule has 0 amide bonds. The van der Waals surface area contributed by atoms with Crippen LogP contribution in [0.4, 0.5) is 0 Å². The third kappa shape index (κ3) is 6.09. The molecule has 0 fully saturated rings. The molecule has 0 unspecified atom stereocenters. The Bertz CT molecular complexity index is 570. The number of rotatable bonds is 7. The summed E-state index contributed by atoms with van der Waals surface area (Å²) in [7, 11) is 0. The molecule has 0 saturated carbocycles. The third-order valence-electron chi connectivity index (χ3n) is 2.89. The summed E-state index contributed by atoms with van der Waals surface area (Å²) >= 11 is 0. The van der Waals surface area contributed by atoms with Crippen LogP contribution in [0.3, 0.4) is 0 Å². The van der Waals surface area contributed by atoms with Crippen LogP contribution in [0, 0.1) is 11.3 Å². The third-order valence-corrected chi connectivity index (χ3v) is 2.89. The molecule has 3 nitrogen and oxygen atoms in total. The number of hydrogen-bond donors (Lipinski definition) is 1. The van der Waals surface area contributed by atoms with E-state index in [-0.39, 0.29) is 5.78 Å². The van der Waals surface area contributed by atoms with E-state index in [0.29, 0.717) is 11.1 Å². The largest absolute Gasteiger partial charge is 0.385 e. The normalized spacial score (nSPS) is 10.7. The highest BCUT2D eigenvalue weighted by atomic mass is 16.1. The number of allylic oxidation sites excluding steroid dienone is 3. The maximum absolute atomic E-state index is 12.2. The van der Waals surface area contributed by atoms with Crippen LogP contribution in [0.5, 0.6) is 0 Å². The van der Waals surface area contributed by atoms with Gasteiger partial charge < -0.3 is 5.32 Å². The maximum atomic E-state index is 12.2. The first-order valence-electron chi connectivity index (χ1n) is 7.21. The van der Waals surface area contributed by atoms with Crippen molar-refractivity contribution < 1.29 is 4.79 Å². The standard InChI is InChI=1S/C18H22N2O/c1-4-5-10-20-17(11-14(2)3)12-18(21)16-8-6-15(13-19)7-9-16/h6-9,11-12,20H,4-5,10H2,1-3H3/b17-12-. The molecule has 0 aliphatic rings. The maximum Gasteiger partial charge on any atom is 0.187 e. The predicted molar refractivity (Wildman–Crippen MR) is 85.9 cm³/mol. The lowest BCUT2D eigenvalue weighted by Gasteiger charge is -2.07. The Kier molecular flexibility index (Phi) is 6.97. The van der Waals surface area contributed by atoms with Crippen molar-refractivity contribution in [2.75, 3.05) is 6.54 Å². The molecule has 0 heterocycles. The van der Waals surface area contributed by atoms with Gasteiger partial charge in [-0.05, 0) is 50.6 Å². The smallest absolute Gasteiger partial charge is 0.187 e. The van der Waals surface area contributed by atoms with E-state index in [1.54, 1.807) is 30.3 Å². The Hall–Kier alpha value is -2.34. The molecule has 1 aromatic rings. The van der Waals surface area contributed by atoms with E-state index in [2.05, 4.69) is 12.2 Å². The van der Waals surface area contributed by atoms with Gasteiger partial charge in [-0.2, -0.15) is 5.26 Å². The Morgan fingerprint density at radius 3 is 2.43 bits per heavy atom. The average molecular weight is 282 g/mol. The Labute approximate surface area is 127 Å². The number of benzene rings is 1. The first-order chi connectivity index (χ1) is 10.1. The second kappa shape index (κ2) is 8.76. The van der Waals surface area contributed by atoms with Crippen LogP contribution in [-0.4, -0.2) is 12.3 Å². The van der Waals surface area contributed by atoms with E-state index in [1.165, 1.54) is 0 Å². The highest BCUT2D eigenvalue weighted by Gasteiger charge is 2.04. The summed E-state index contributed by atoms with van der Waals surface area (Å²) < 4.78 is 0. The van der Waals surface area contributed by atoms with Crippen LogP contribution in [0.1, 0.15) is 49.5 Å². The van der Waals surface area contributed by atoms with Gasteiger partial charge in [0.2, 0.25) is 0 Å². The molecule has 0 radical (unpaired) electrons. The van der Waals surface area contributed by atoms with Crippen LogP contribution in [-0.2, 0) is 0 Å². The summed E-state index contributed by atoms with van der Waals surface area (Å²) in [4.78, 5) is 12.2. The monoisotopic (exact) mass is 282 g/mol. The molecule has 110 valence electrons. The fourth-order valence-corrected chi connectivity index (χ4v) is 1.80. The number of hydrogen-bond acceptors (Lipinski definition) is 3. The van der Waals surface area contributed by atoms with E-state index in [9.17, 15) is 4.79 Å². The van der Waals surface area contributed by atoms with Gasteiger partial charge in [-0.15, -0.1) is 0 Å². The molecule has 0 aliphatic heterocycles.